The SMILES string of the molecule is NC(c1ccc(Cl)c(Cl)c1)c1ccc(Br)c(Cl)c1. The zero-order valence-electron chi connectivity index (χ0n) is 9.13. The van der Waals surface area contributed by atoms with E-state index in [1.54, 1.807) is 12.1 Å². The van der Waals surface area contributed by atoms with E-state index >= 15 is 0 Å². The molecule has 2 aromatic rings. The zero-order valence-corrected chi connectivity index (χ0v) is 13.0. The smallest absolute Gasteiger partial charge is 0.0595 e. The van der Waals surface area contributed by atoms with E-state index in [2.05, 4.69) is 15.9 Å². The zero-order chi connectivity index (χ0) is 13.3. The Bertz CT molecular complexity index is 535. The lowest BCUT2D eigenvalue weighted by atomic mass is 10.00. The van der Waals surface area contributed by atoms with E-state index in [1.165, 1.54) is 0 Å². The molecule has 2 N–H and O–H groups in total. The van der Waals surface area contributed by atoms with Gasteiger partial charge in [-0.05, 0) is 51.3 Å². The van der Waals surface area contributed by atoms with Gasteiger partial charge >= 0.3 is 0 Å². The van der Waals surface area contributed by atoms with Gasteiger partial charge in [-0.15, -0.1) is 0 Å². The summed E-state index contributed by atoms with van der Waals surface area (Å²) in [7, 11) is 0. The quantitative estimate of drug-likeness (QED) is 0.752. The largest absolute Gasteiger partial charge is 0.320 e. The predicted octanol–water partition coefficient (Wildman–Crippen LogP) is 5.46. The van der Waals surface area contributed by atoms with Crippen LogP contribution in [0.15, 0.2) is 40.9 Å². The van der Waals surface area contributed by atoms with Gasteiger partial charge in [0.2, 0.25) is 0 Å². The molecule has 0 spiro atoms. The third-order valence-electron chi connectivity index (χ3n) is 2.61. The fourth-order valence-electron chi connectivity index (χ4n) is 1.60. The fraction of sp³-hybridized carbons (Fsp3) is 0.0769. The van der Waals surface area contributed by atoms with Gasteiger partial charge in [-0.2, -0.15) is 0 Å². The minimum Gasteiger partial charge on any atom is -0.320 e. The van der Waals surface area contributed by atoms with Crippen LogP contribution in [-0.4, -0.2) is 0 Å². The lowest BCUT2D eigenvalue weighted by molar-refractivity contribution is 0.871. The van der Waals surface area contributed by atoms with Crippen molar-refractivity contribution >= 4 is 50.7 Å². The summed E-state index contributed by atoms with van der Waals surface area (Å²) in [5.41, 5.74) is 7.99. The van der Waals surface area contributed by atoms with E-state index in [4.69, 9.17) is 40.5 Å². The van der Waals surface area contributed by atoms with Crippen molar-refractivity contribution in [2.45, 2.75) is 6.04 Å². The Hall–Kier alpha value is -0.250. The van der Waals surface area contributed by atoms with Gasteiger partial charge in [0, 0.05) is 4.47 Å². The monoisotopic (exact) mass is 363 g/mol. The van der Waals surface area contributed by atoms with Crippen LogP contribution in [0.1, 0.15) is 17.2 Å². The van der Waals surface area contributed by atoms with Gasteiger partial charge in [0.15, 0.2) is 0 Å². The first kappa shape index (κ1) is 14.2. The predicted molar refractivity (Wildman–Crippen MR) is 81.6 cm³/mol. The van der Waals surface area contributed by atoms with Crippen molar-refractivity contribution in [3.63, 3.8) is 0 Å². The van der Waals surface area contributed by atoms with Crippen LogP contribution in [0.3, 0.4) is 0 Å². The summed E-state index contributed by atoms with van der Waals surface area (Å²) < 4.78 is 0.842. The van der Waals surface area contributed by atoms with Crippen LogP contribution >= 0.6 is 50.7 Å². The van der Waals surface area contributed by atoms with Crippen LogP contribution in [0.2, 0.25) is 15.1 Å². The molecule has 0 radical (unpaired) electrons. The van der Waals surface area contributed by atoms with Gasteiger partial charge in [-0.25, -0.2) is 0 Å². The van der Waals surface area contributed by atoms with E-state index < -0.39 is 0 Å². The summed E-state index contributed by atoms with van der Waals surface area (Å²) in [5, 5.41) is 1.64. The third kappa shape index (κ3) is 3.01. The molecule has 0 amide bonds. The third-order valence-corrected chi connectivity index (χ3v) is 4.58. The van der Waals surface area contributed by atoms with Gasteiger partial charge in [-0.1, -0.05) is 46.9 Å². The molecule has 0 aliphatic carbocycles. The van der Waals surface area contributed by atoms with Crippen LogP contribution < -0.4 is 5.73 Å². The molecule has 1 unspecified atom stereocenters. The highest BCUT2D eigenvalue weighted by atomic mass is 79.9. The lowest BCUT2D eigenvalue weighted by Crippen LogP contribution is -2.11. The average molecular weight is 365 g/mol. The van der Waals surface area contributed by atoms with Crippen molar-refractivity contribution in [1.29, 1.82) is 0 Å². The van der Waals surface area contributed by atoms with Gasteiger partial charge in [-0.3, -0.25) is 0 Å². The number of halogens is 4. The number of benzene rings is 2. The fourth-order valence-corrected chi connectivity index (χ4v) is 2.35. The Balaban J connectivity index is 2.37. The molecule has 0 aliphatic heterocycles. The molecule has 94 valence electrons. The van der Waals surface area contributed by atoms with Gasteiger partial charge < -0.3 is 5.73 Å². The van der Waals surface area contributed by atoms with E-state index in [0.29, 0.717) is 15.1 Å². The Morgan fingerprint density at radius 3 is 1.94 bits per heavy atom. The van der Waals surface area contributed by atoms with Crippen LogP contribution in [0.25, 0.3) is 0 Å². The maximum Gasteiger partial charge on any atom is 0.0595 e. The molecule has 0 heterocycles. The lowest BCUT2D eigenvalue weighted by Gasteiger charge is -2.14. The van der Waals surface area contributed by atoms with Crippen molar-refractivity contribution in [3.8, 4) is 0 Å². The minimum atomic E-state index is -0.287. The summed E-state index contributed by atoms with van der Waals surface area (Å²) >= 11 is 21.3. The molecule has 18 heavy (non-hydrogen) atoms. The molecule has 5 heteroatoms. The molecule has 0 saturated carbocycles. The first-order valence-corrected chi connectivity index (χ1v) is 7.07. The highest BCUT2D eigenvalue weighted by Gasteiger charge is 2.11. The Morgan fingerprint density at radius 1 is 0.833 bits per heavy atom. The Morgan fingerprint density at radius 2 is 1.39 bits per heavy atom. The average Bonchev–Trinajstić information content (AvgIpc) is 2.35. The maximum absolute atomic E-state index is 6.18. The van der Waals surface area contributed by atoms with Crippen LogP contribution in [0.4, 0.5) is 0 Å². The highest BCUT2D eigenvalue weighted by molar-refractivity contribution is 9.10. The van der Waals surface area contributed by atoms with Crippen LogP contribution in [-0.2, 0) is 0 Å². The minimum absolute atomic E-state index is 0.287. The van der Waals surface area contributed by atoms with E-state index in [-0.39, 0.29) is 6.04 Å². The highest BCUT2D eigenvalue weighted by Crippen LogP contribution is 2.30. The van der Waals surface area contributed by atoms with E-state index in [1.807, 2.05) is 24.3 Å². The van der Waals surface area contributed by atoms with Crippen molar-refractivity contribution in [3.05, 3.63) is 67.1 Å². The first-order valence-electron chi connectivity index (χ1n) is 5.14. The molecule has 0 saturated heterocycles. The second kappa shape index (κ2) is 5.81. The second-order valence-corrected chi connectivity index (χ2v) is 5.90. The standard InChI is InChI=1S/C13H9BrCl3N/c14-9-3-1-7(5-11(9)16)13(18)8-2-4-10(15)12(17)6-8/h1-6,13H,18H2. The van der Waals surface area contributed by atoms with Gasteiger partial charge in [0.1, 0.15) is 0 Å². The molecule has 0 bridgehead atoms. The number of hydrogen-bond acceptors (Lipinski definition) is 1. The second-order valence-electron chi connectivity index (χ2n) is 3.82. The summed E-state index contributed by atoms with van der Waals surface area (Å²) in [6.45, 7) is 0. The van der Waals surface area contributed by atoms with Crippen molar-refractivity contribution in [1.82, 2.24) is 0 Å². The summed E-state index contributed by atoms with van der Waals surface area (Å²) in [6.07, 6.45) is 0. The topological polar surface area (TPSA) is 26.0 Å². The van der Waals surface area contributed by atoms with Crippen LogP contribution in [0, 0.1) is 0 Å². The molecule has 0 fully saturated rings. The molecule has 1 nitrogen and oxygen atoms in total. The first-order chi connectivity index (χ1) is 8.49. The maximum atomic E-state index is 6.18. The summed E-state index contributed by atoms with van der Waals surface area (Å²) in [4.78, 5) is 0. The summed E-state index contributed by atoms with van der Waals surface area (Å²) in [6, 6.07) is 10.7. The molecule has 2 aromatic carbocycles. The molecule has 0 aromatic heterocycles. The summed E-state index contributed by atoms with van der Waals surface area (Å²) in [5.74, 6) is 0. The van der Waals surface area contributed by atoms with Gasteiger partial charge in [0.05, 0.1) is 21.1 Å². The van der Waals surface area contributed by atoms with E-state index in [0.717, 1.165) is 15.6 Å². The van der Waals surface area contributed by atoms with Crippen molar-refractivity contribution in [2.24, 2.45) is 5.73 Å². The molecular formula is C13H9BrCl3N. The number of rotatable bonds is 2. The molecule has 2 rings (SSSR count). The Labute approximate surface area is 129 Å². The molecular weight excluding hydrogens is 356 g/mol. The molecule has 1 atom stereocenters. The van der Waals surface area contributed by atoms with Crippen molar-refractivity contribution in [2.75, 3.05) is 0 Å². The number of hydrogen-bond donors (Lipinski definition) is 1. The number of nitrogens with two attached hydrogens (primary N) is 1. The van der Waals surface area contributed by atoms with E-state index in [9.17, 15) is 0 Å². The molecule has 0 aliphatic rings. The normalized spacial score (nSPS) is 12.5. The van der Waals surface area contributed by atoms with Crippen molar-refractivity contribution < 1.29 is 0 Å². The van der Waals surface area contributed by atoms with Crippen LogP contribution in [0.5, 0.6) is 0 Å². The Kier molecular flexibility index (Phi) is 4.57. The van der Waals surface area contributed by atoms with Gasteiger partial charge in [0.25, 0.3) is 0 Å².